The standard InChI is InChI=1S/C22H26N2O4/c1-22(2,3)28-21(26)24-13-12-23-20(25)27-14-19-17-10-6-4-8-15(17)16-9-5-7-11-18(16)19/h4-11,19H,12-14H2,1-3H3,(H,23,25)(H,24,26). The SMILES string of the molecule is CC(C)(C)OC(=O)NCCNC(=O)OCC1c2ccccc2-c2ccccc21. The maximum absolute atomic E-state index is 12.0. The molecule has 1 aliphatic rings. The summed E-state index contributed by atoms with van der Waals surface area (Å²) in [6.45, 7) is 6.17. The Labute approximate surface area is 165 Å². The van der Waals surface area contributed by atoms with Crippen molar-refractivity contribution in [1.82, 2.24) is 10.6 Å². The Bertz CT molecular complexity index is 812. The molecule has 0 fully saturated rings. The molecule has 6 heteroatoms. The van der Waals surface area contributed by atoms with E-state index in [-0.39, 0.29) is 25.6 Å². The predicted octanol–water partition coefficient (Wildman–Crippen LogP) is 4.05. The molecule has 0 aromatic heterocycles. The molecule has 0 unspecified atom stereocenters. The third-order valence-corrected chi connectivity index (χ3v) is 4.41. The van der Waals surface area contributed by atoms with Gasteiger partial charge in [0.2, 0.25) is 0 Å². The summed E-state index contributed by atoms with van der Waals surface area (Å²) in [5, 5.41) is 5.23. The lowest BCUT2D eigenvalue weighted by atomic mass is 9.98. The summed E-state index contributed by atoms with van der Waals surface area (Å²) in [5.41, 5.74) is 4.16. The van der Waals surface area contributed by atoms with E-state index < -0.39 is 17.8 Å². The van der Waals surface area contributed by atoms with Gasteiger partial charge in [-0.3, -0.25) is 0 Å². The minimum Gasteiger partial charge on any atom is -0.449 e. The molecule has 2 aromatic rings. The number of benzene rings is 2. The van der Waals surface area contributed by atoms with Gasteiger partial charge in [0.1, 0.15) is 12.2 Å². The van der Waals surface area contributed by atoms with E-state index in [1.165, 1.54) is 22.3 Å². The first-order valence-electron chi connectivity index (χ1n) is 9.41. The number of carbonyl (C=O) groups is 2. The quantitative estimate of drug-likeness (QED) is 0.765. The van der Waals surface area contributed by atoms with Crippen molar-refractivity contribution in [3.8, 4) is 11.1 Å². The van der Waals surface area contributed by atoms with Crippen LogP contribution < -0.4 is 10.6 Å². The van der Waals surface area contributed by atoms with Gasteiger partial charge < -0.3 is 20.1 Å². The van der Waals surface area contributed by atoms with Crippen LogP contribution in [0.15, 0.2) is 48.5 Å². The zero-order valence-corrected chi connectivity index (χ0v) is 16.5. The van der Waals surface area contributed by atoms with Gasteiger partial charge in [0.25, 0.3) is 0 Å². The van der Waals surface area contributed by atoms with Crippen LogP contribution in [0.5, 0.6) is 0 Å². The Kier molecular flexibility index (Phi) is 5.87. The fourth-order valence-corrected chi connectivity index (χ4v) is 3.29. The van der Waals surface area contributed by atoms with Crippen LogP contribution in [0.25, 0.3) is 11.1 Å². The van der Waals surface area contributed by atoms with E-state index in [4.69, 9.17) is 9.47 Å². The summed E-state index contributed by atoms with van der Waals surface area (Å²) in [6.07, 6.45) is -1.02. The topological polar surface area (TPSA) is 76.7 Å². The van der Waals surface area contributed by atoms with Crippen molar-refractivity contribution < 1.29 is 19.1 Å². The van der Waals surface area contributed by atoms with Crippen LogP contribution >= 0.6 is 0 Å². The Hall–Kier alpha value is -3.02. The molecular weight excluding hydrogens is 356 g/mol. The van der Waals surface area contributed by atoms with Gasteiger partial charge in [-0.1, -0.05) is 48.5 Å². The van der Waals surface area contributed by atoms with E-state index in [0.29, 0.717) is 0 Å². The minimum absolute atomic E-state index is 0.0260. The fourth-order valence-electron chi connectivity index (χ4n) is 3.29. The molecule has 3 rings (SSSR count). The molecule has 1 aliphatic carbocycles. The zero-order chi connectivity index (χ0) is 20.1. The summed E-state index contributed by atoms with van der Waals surface area (Å²) in [5.74, 6) is 0.0260. The summed E-state index contributed by atoms with van der Waals surface area (Å²) in [6, 6.07) is 16.4. The second kappa shape index (κ2) is 8.33. The van der Waals surface area contributed by atoms with E-state index in [9.17, 15) is 9.59 Å². The normalized spacial score (nSPS) is 12.7. The molecule has 2 amide bonds. The van der Waals surface area contributed by atoms with Gasteiger partial charge in [0.15, 0.2) is 0 Å². The van der Waals surface area contributed by atoms with Gasteiger partial charge in [0, 0.05) is 19.0 Å². The molecule has 0 bridgehead atoms. The smallest absolute Gasteiger partial charge is 0.407 e. The minimum atomic E-state index is -0.551. The molecule has 0 aliphatic heterocycles. The Morgan fingerprint density at radius 2 is 1.36 bits per heavy atom. The Balaban J connectivity index is 1.47. The summed E-state index contributed by atoms with van der Waals surface area (Å²) in [7, 11) is 0. The van der Waals surface area contributed by atoms with Crippen LogP contribution in [0.3, 0.4) is 0 Å². The van der Waals surface area contributed by atoms with Crippen molar-refractivity contribution in [3.05, 3.63) is 59.7 Å². The Morgan fingerprint density at radius 1 is 0.857 bits per heavy atom. The van der Waals surface area contributed by atoms with Crippen molar-refractivity contribution in [2.75, 3.05) is 19.7 Å². The predicted molar refractivity (Wildman–Crippen MR) is 107 cm³/mol. The number of nitrogens with one attached hydrogen (secondary N) is 2. The first kappa shape index (κ1) is 19.7. The highest BCUT2D eigenvalue weighted by atomic mass is 16.6. The molecule has 2 aromatic carbocycles. The third-order valence-electron chi connectivity index (χ3n) is 4.41. The summed E-state index contributed by atoms with van der Waals surface area (Å²) >= 11 is 0. The fraction of sp³-hybridized carbons (Fsp3) is 0.364. The van der Waals surface area contributed by atoms with Crippen molar-refractivity contribution >= 4 is 12.2 Å². The Morgan fingerprint density at radius 3 is 1.89 bits per heavy atom. The number of hydrogen-bond acceptors (Lipinski definition) is 4. The largest absolute Gasteiger partial charge is 0.449 e. The molecule has 0 saturated carbocycles. The summed E-state index contributed by atoms with van der Waals surface area (Å²) < 4.78 is 10.6. The zero-order valence-electron chi connectivity index (χ0n) is 16.5. The first-order chi connectivity index (χ1) is 13.3. The monoisotopic (exact) mass is 382 g/mol. The lowest BCUT2D eigenvalue weighted by Gasteiger charge is -2.19. The van der Waals surface area contributed by atoms with Crippen molar-refractivity contribution in [1.29, 1.82) is 0 Å². The second-order valence-corrected chi connectivity index (χ2v) is 7.68. The molecule has 28 heavy (non-hydrogen) atoms. The van der Waals surface area contributed by atoms with Gasteiger partial charge in [-0.2, -0.15) is 0 Å². The van der Waals surface area contributed by atoms with Gasteiger partial charge in [0.05, 0.1) is 0 Å². The maximum Gasteiger partial charge on any atom is 0.407 e. The van der Waals surface area contributed by atoms with E-state index in [2.05, 4.69) is 34.9 Å². The van der Waals surface area contributed by atoms with Crippen LogP contribution in [0.1, 0.15) is 37.8 Å². The van der Waals surface area contributed by atoms with Crippen LogP contribution in [-0.2, 0) is 9.47 Å². The second-order valence-electron chi connectivity index (χ2n) is 7.68. The van der Waals surface area contributed by atoms with Gasteiger partial charge in [-0.15, -0.1) is 0 Å². The number of ether oxygens (including phenoxy) is 2. The molecule has 0 atom stereocenters. The molecule has 0 heterocycles. The average Bonchev–Trinajstić information content (AvgIpc) is 2.96. The molecule has 0 spiro atoms. The molecular formula is C22H26N2O4. The van der Waals surface area contributed by atoms with Gasteiger partial charge >= 0.3 is 12.2 Å². The highest BCUT2D eigenvalue weighted by Gasteiger charge is 2.28. The van der Waals surface area contributed by atoms with Crippen LogP contribution in [0.4, 0.5) is 9.59 Å². The lowest BCUT2D eigenvalue weighted by Crippen LogP contribution is -2.38. The van der Waals surface area contributed by atoms with Crippen LogP contribution in [-0.4, -0.2) is 37.5 Å². The van der Waals surface area contributed by atoms with Crippen molar-refractivity contribution in [3.63, 3.8) is 0 Å². The first-order valence-corrected chi connectivity index (χ1v) is 9.41. The van der Waals surface area contributed by atoms with Gasteiger partial charge in [-0.05, 0) is 43.0 Å². The van der Waals surface area contributed by atoms with E-state index in [0.717, 1.165) is 0 Å². The van der Waals surface area contributed by atoms with Crippen molar-refractivity contribution in [2.24, 2.45) is 0 Å². The van der Waals surface area contributed by atoms with Crippen LogP contribution in [0.2, 0.25) is 0 Å². The molecule has 2 N–H and O–H groups in total. The molecule has 0 saturated heterocycles. The maximum atomic E-state index is 12.0. The average molecular weight is 382 g/mol. The lowest BCUT2D eigenvalue weighted by molar-refractivity contribution is 0.0527. The van der Waals surface area contributed by atoms with E-state index >= 15 is 0 Å². The number of alkyl carbamates (subject to hydrolysis) is 2. The van der Waals surface area contributed by atoms with Crippen LogP contribution in [0, 0.1) is 0 Å². The number of hydrogen-bond donors (Lipinski definition) is 2. The number of fused-ring (bicyclic) bond motifs is 3. The molecule has 148 valence electrons. The number of rotatable bonds is 5. The number of carbonyl (C=O) groups excluding carboxylic acids is 2. The highest BCUT2D eigenvalue weighted by Crippen LogP contribution is 2.44. The van der Waals surface area contributed by atoms with E-state index in [1.807, 2.05) is 24.3 Å². The van der Waals surface area contributed by atoms with Gasteiger partial charge in [-0.25, -0.2) is 9.59 Å². The number of amides is 2. The summed E-state index contributed by atoms with van der Waals surface area (Å²) in [4.78, 5) is 23.6. The molecule has 0 radical (unpaired) electrons. The van der Waals surface area contributed by atoms with E-state index in [1.54, 1.807) is 20.8 Å². The molecule has 6 nitrogen and oxygen atoms in total. The highest BCUT2D eigenvalue weighted by molar-refractivity contribution is 5.79. The van der Waals surface area contributed by atoms with Crippen molar-refractivity contribution in [2.45, 2.75) is 32.3 Å². The third kappa shape index (κ3) is 4.82.